The van der Waals surface area contributed by atoms with Gasteiger partial charge in [-0.1, -0.05) is 18.5 Å². The van der Waals surface area contributed by atoms with Crippen LogP contribution in [0.4, 0.5) is 23.1 Å². The van der Waals surface area contributed by atoms with E-state index in [1.165, 1.54) is 0 Å². The van der Waals surface area contributed by atoms with Gasteiger partial charge in [-0.05, 0) is 36.8 Å². The summed E-state index contributed by atoms with van der Waals surface area (Å²) in [6, 6.07) is 4.13. The Balaban J connectivity index is 1.55. The summed E-state index contributed by atoms with van der Waals surface area (Å²) in [7, 11) is 1.79. The van der Waals surface area contributed by atoms with Crippen LogP contribution >= 0.6 is 11.6 Å². The zero-order valence-corrected chi connectivity index (χ0v) is 19.2. The minimum Gasteiger partial charge on any atom is -0.489 e. The van der Waals surface area contributed by atoms with Crippen LogP contribution in [0, 0.1) is 5.92 Å². The molecule has 0 radical (unpaired) electrons. The van der Waals surface area contributed by atoms with Crippen molar-refractivity contribution in [2.75, 3.05) is 48.5 Å². The fourth-order valence-electron chi connectivity index (χ4n) is 4.78. The maximum absolute atomic E-state index is 12.3. The van der Waals surface area contributed by atoms with Gasteiger partial charge in [0.25, 0.3) is 0 Å². The van der Waals surface area contributed by atoms with Gasteiger partial charge in [0.05, 0.1) is 31.1 Å². The van der Waals surface area contributed by atoms with Gasteiger partial charge in [-0.2, -0.15) is 4.98 Å². The van der Waals surface area contributed by atoms with E-state index in [0.29, 0.717) is 61.1 Å². The molecule has 0 spiro atoms. The molecule has 1 saturated heterocycles. The Bertz CT molecular complexity index is 1030. The first-order valence-corrected chi connectivity index (χ1v) is 11.6. The van der Waals surface area contributed by atoms with E-state index in [-0.39, 0.29) is 11.9 Å². The lowest BCUT2D eigenvalue weighted by Gasteiger charge is -2.38. The smallest absolute Gasteiger partial charge is 0.227 e. The van der Waals surface area contributed by atoms with Crippen LogP contribution in [0.2, 0.25) is 5.02 Å². The molecule has 5 rings (SSSR count). The molecule has 8 nitrogen and oxygen atoms in total. The number of anilines is 4. The Morgan fingerprint density at radius 3 is 3.00 bits per heavy atom. The fourth-order valence-corrected chi connectivity index (χ4v) is 4.91. The predicted molar refractivity (Wildman–Crippen MR) is 124 cm³/mol. The number of piperidine rings is 1. The van der Waals surface area contributed by atoms with Gasteiger partial charge in [-0.15, -0.1) is 0 Å². The summed E-state index contributed by atoms with van der Waals surface area (Å²) in [5.74, 6) is 2.58. The Morgan fingerprint density at radius 2 is 2.12 bits per heavy atom. The molecular formula is C23H28ClN5O3. The van der Waals surface area contributed by atoms with E-state index in [1.54, 1.807) is 18.1 Å². The van der Waals surface area contributed by atoms with E-state index in [0.717, 1.165) is 36.3 Å². The van der Waals surface area contributed by atoms with E-state index < -0.39 is 0 Å². The molecule has 0 aliphatic carbocycles. The monoisotopic (exact) mass is 457 g/mol. The molecular weight excluding hydrogens is 430 g/mol. The number of rotatable bonds is 0. The maximum Gasteiger partial charge on any atom is 0.227 e. The quantitative estimate of drug-likeness (QED) is 0.644. The largest absolute Gasteiger partial charge is 0.489 e. The molecule has 1 amide bonds. The van der Waals surface area contributed by atoms with Crippen LogP contribution in [0.3, 0.4) is 0 Å². The maximum atomic E-state index is 12.3. The molecule has 32 heavy (non-hydrogen) atoms. The zero-order chi connectivity index (χ0) is 22.2. The Kier molecular flexibility index (Phi) is 5.82. The van der Waals surface area contributed by atoms with Gasteiger partial charge >= 0.3 is 0 Å². The number of aromatic nitrogens is 2. The Labute approximate surface area is 192 Å². The summed E-state index contributed by atoms with van der Waals surface area (Å²) in [6.45, 7) is 4.61. The van der Waals surface area contributed by atoms with Gasteiger partial charge < -0.3 is 24.6 Å². The topological polar surface area (TPSA) is 79.8 Å². The molecule has 1 N–H and O–H groups in total. The summed E-state index contributed by atoms with van der Waals surface area (Å²) in [5.41, 5.74) is 2.69. The van der Waals surface area contributed by atoms with Crippen LogP contribution in [0.25, 0.3) is 0 Å². The second-order valence-corrected chi connectivity index (χ2v) is 9.23. The summed E-state index contributed by atoms with van der Waals surface area (Å²) in [4.78, 5) is 25.5. The van der Waals surface area contributed by atoms with Gasteiger partial charge in [0, 0.05) is 31.8 Å². The lowest BCUT2D eigenvalue weighted by molar-refractivity contribution is -0.118. The number of nitrogens with zero attached hydrogens (tertiary/aromatic N) is 4. The van der Waals surface area contributed by atoms with Crippen molar-refractivity contribution < 1.29 is 14.3 Å². The van der Waals surface area contributed by atoms with Gasteiger partial charge in [0.2, 0.25) is 11.9 Å². The highest BCUT2D eigenvalue weighted by Gasteiger charge is 2.30. The second kappa shape index (κ2) is 8.75. The van der Waals surface area contributed by atoms with Crippen molar-refractivity contribution in [2.45, 2.75) is 38.6 Å². The van der Waals surface area contributed by atoms with E-state index in [2.05, 4.69) is 22.1 Å². The average molecular weight is 458 g/mol. The van der Waals surface area contributed by atoms with Crippen molar-refractivity contribution in [3.8, 4) is 5.75 Å². The van der Waals surface area contributed by atoms with Crippen LogP contribution < -0.4 is 19.9 Å². The van der Waals surface area contributed by atoms with Crippen LogP contribution in [0.5, 0.6) is 5.75 Å². The lowest BCUT2D eigenvalue weighted by atomic mass is 9.93. The minimum atomic E-state index is 0.0868. The highest BCUT2D eigenvalue weighted by molar-refractivity contribution is 6.32. The van der Waals surface area contributed by atoms with Gasteiger partial charge in [0.1, 0.15) is 17.4 Å². The van der Waals surface area contributed by atoms with E-state index >= 15 is 0 Å². The van der Waals surface area contributed by atoms with Crippen molar-refractivity contribution in [1.82, 2.24) is 9.97 Å². The van der Waals surface area contributed by atoms with E-state index in [4.69, 9.17) is 26.1 Å². The van der Waals surface area contributed by atoms with Crippen molar-refractivity contribution in [3.63, 3.8) is 0 Å². The molecule has 170 valence electrons. The van der Waals surface area contributed by atoms with Crippen molar-refractivity contribution in [2.24, 2.45) is 5.92 Å². The number of carbonyl (C=O) groups is 1. The standard InChI is InChI=1S/C23H28ClN5O3/c1-14-5-6-29-17(9-14)13-31-7-8-32-19-11-16(26-22-18(24)12-25-23(29)27-22)10-15-3-4-20(30)28(2)21(15)19/h10-12,14,17H,3-9,13H2,1-2H3,(H,25,26,27)/t14?,17-/m0/s1. The van der Waals surface area contributed by atoms with Crippen LogP contribution in [0.15, 0.2) is 18.3 Å². The van der Waals surface area contributed by atoms with E-state index in [1.807, 2.05) is 12.1 Å². The fraction of sp³-hybridized carbons (Fsp3) is 0.522. The molecule has 3 aliphatic rings. The SMILES string of the molecule is CC1CCN2c3ncc(Cl)c(n3)Nc3cc4c(c(c3)OCCOC[C@@H]2C1)N(C)C(=O)CC4. The molecule has 9 heteroatoms. The van der Waals surface area contributed by atoms with Crippen LogP contribution in [0.1, 0.15) is 31.7 Å². The van der Waals surface area contributed by atoms with E-state index in [9.17, 15) is 4.79 Å². The Morgan fingerprint density at radius 1 is 1.25 bits per heavy atom. The number of halogens is 1. The third-order valence-electron chi connectivity index (χ3n) is 6.50. The number of carbonyl (C=O) groups excluding carboxylic acids is 1. The normalized spacial score (nSPS) is 23.4. The summed E-state index contributed by atoms with van der Waals surface area (Å²) < 4.78 is 12.1. The average Bonchev–Trinajstić information content (AvgIpc) is 2.77. The molecule has 1 aromatic heterocycles. The Hall–Kier alpha value is -2.58. The first kappa shape index (κ1) is 21.3. The third-order valence-corrected chi connectivity index (χ3v) is 6.77. The van der Waals surface area contributed by atoms with Crippen molar-refractivity contribution >= 4 is 40.6 Å². The van der Waals surface area contributed by atoms with Gasteiger partial charge in [0.15, 0.2) is 5.82 Å². The highest BCUT2D eigenvalue weighted by atomic mass is 35.5. The number of hydrogen-bond acceptors (Lipinski definition) is 7. The molecule has 1 fully saturated rings. The number of aryl methyl sites for hydroxylation is 1. The predicted octanol–water partition coefficient (Wildman–Crippen LogP) is 3.80. The number of nitrogens with one attached hydrogen (secondary N) is 1. The highest BCUT2D eigenvalue weighted by Crippen LogP contribution is 2.40. The summed E-state index contributed by atoms with van der Waals surface area (Å²) in [6.07, 6.45) is 4.90. The van der Waals surface area contributed by atoms with Crippen LogP contribution in [-0.2, 0) is 16.0 Å². The van der Waals surface area contributed by atoms with Crippen LogP contribution in [-0.4, -0.2) is 55.3 Å². The van der Waals surface area contributed by atoms with Gasteiger partial charge in [-0.3, -0.25) is 4.79 Å². The van der Waals surface area contributed by atoms with Crippen molar-refractivity contribution in [1.29, 1.82) is 0 Å². The third kappa shape index (κ3) is 4.09. The molecule has 3 aliphatic heterocycles. The number of fused-ring (bicyclic) bond motifs is 8. The molecule has 4 bridgehead atoms. The minimum absolute atomic E-state index is 0.0868. The number of hydrogen-bond donors (Lipinski definition) is 1. The molecule has 1 unspecified atom stereocenters. The number of ether oxygens (including phenoxy) is 2. The second-order valence-electron chi connectivity index (χ2n) is 8.83. The number of benzene rings is 1. The molecule has 0 saturated carbocycles. The number of amides is 1. The first-order chi connectivity index (χ1) is 15.5. The summed E-state index contributed by atoms with van der Waals surface area (Å²) >= 11 is 6.46. The lowest BCUT2D eigenvalue weighted by Crippen LogP contribution is -2.46. The zero-order valence-electron chi connectivity index (χ0n) is 18.4. The first-order valence-electron chi connectivity index (χ1n) is 11.2. The molecule has 1 aromatic carbocycles. The van der Waals surface area contributed by atoms with Crippen molar-refractivity contribution in [3.05, 3.63) is 28.9 Å². The molecule has 4 heterocycles. The molecule has 2 atom stereocenters. The molecule has 2 aromatic rings. The summed E-state index contributed by atoms with van der Waals surface area (Å²) in [5, 5.41) is 3.81. The van der Waals surface area contributed by atoms with Gasteiger partial charge in [-0.25, -0.2) is 4.98 Å².